The summed E-state index contributed by atoms with van der Waals surface area (Å²) in [6.07, 6.45) is 3.83. The van der Waals surface area contributed by atoms with Crippen molar-refractivity contribution in [2.45, 2.75) is 32.1 Å². The maximum Gasteiger partial charge on any atom is 0.233 e. The highest BCUT2D eigenvalue weighted by Gasteiger charge is 2.47. The fraction of sp³-hybridized carbons (Fsp3) is 0.812. The van der Waals surface area contributed by atoms with Gasteiger partial charge in [0.1, 0.15) is 0 Å². The minimum absolute atomic E-state index is 0.0752. The minimum Gasteiger partial charge on any atom is -0.383 e. The van der Waals surface area contributed by atoms with Crippen LogP contribution in [0.2, 0.25) is 0 Å². The average molecular weight is 325 g/mol. The van der Waals surface area contributed by atoms with Gasteiger partial charge in [-0.05, 0) is 12.8 Å². The van der Waals surface area contributed by atoms with Crippen LogP contribution in [0.3, 0.4) is 0 Å². The molecule has 1 aliphatic carbocycles. The van der Waals surface area contributed by atoms with Crippen molar-refractivity contribution in [1.29, 1.82) is 0 Å². The number of hydrogen-bond donors (Lipinski definition) is 2. The van der Waals surface area contributed by atoms with Gasteiger partial charge in [-0.25, -0.2) is 0 Å². The van der Waals surface area contributed by atoms with Gasteiger partial charge >= 0.3 is 0 Å². The molecule has 2 rings (SSSR count). The number of amides is 3. The van der Waals surface area contributed by atoms with Crippen LogP contribution in [0, 0.1) is 11.8 Å². The largest absolute Gasteiger partial charge is 0.383 e. The normalized spacial score (nSPS) is 24.0. The molecular weight excluding hydrogens is 298 g/mol. The van der Waals surface area contributed by atoms with Crippen molar-refractivity contribution in [3.8, 4) is 0 Å². The molecule has 1 heterocycles. The number of carbonyl (C=O) groups excluding carboxylic acids is 3. The van der Waals surface area contributed by atoms with Gasteiger partial charge < -0.3 is 15.4 Å². The molecular formula is C16H27N3O4. The van der Waals surface area contributed by atoms with Crippen molar-refractivity contribution in [3.05, 3.63) is 0 Å². The Bertz CT molecular complexity index is 417. The summed E-state index contributed by atoms with van der Waals surface area (Å²) in [4.78, 5) is 37.7. The molecule has 0 spiro atoms. The Balaban J connectivity index is 1.66. The predicted octanol–water partition coefficient (Wildman–Crippen LogP) is -0.0961. The minimum atomic E-state index is -0.135. The van der Waals surface area contributed by atoms with Gasteiger partial charge in [-0.15, -0.1) is 0 Å². The van der Waals surface area contributed by atoms with Gasteiger partial charge in [0, 0.05) is 39.7 Å². The number of nitrogens with zero attached hydrogens (tertiary/aromatic N) is 1. The smallest absolute Gasteiger partial charge is 0.233 e. The number of hydrogen-bond acceptors (Lipinski definition) is 5. The van der Waals surface area contributed by atoms with E-state index in [4.69, 9.17) is 4.74 Å². The van der Waals surface area contributed by atoms with Crippen molar-refractivity contribution in [2.24, 2.45) is 11.8 Å². The van der Waals surface area contributed by atoms with Gasteiger partial charge in [-0.2, -0.15) is 0 Å². The van der Waals surface area contributed by atoms with Crippen LogP contribution in [0.4, 0.5) is 0 Å². The molecule has 0 bridgehead atoms. The third-order valence-corrected chi connectivity index (χ3v) is 4.60. The van der Waals surface area contributed by atoms with Crippen LogP contribution in [0.1, 0.15) is 32.1 Å². The van der Waals surface area contributed by atoms with E-state index in [1.807, 2.05) is 0 Å². The first-order chi connectivity index (χ1) is 11.1. The highest BCUT2D eigenvalue weighted by atomic mass is 16.5. The molecule has 2 fully saturated rings. The van der Waals surface area contributed by atoms with E-state index < -0.39 is 0 Å². The summed E-state index contributed by atoms with van der Waals surface area (Å²) in [5, 5.41) is 5.91. The van der Waals surface area contributed by atoms with Gasteiger partial charge in [0.2, 0.25) is 17.7 Å². The van der Waals surface area contributed by atoms with Crippen LogP contribution >= 0.6 is 0 Å². The van der Waals surface area contributed by atoms with Crippen LogP contribution < -0.4 is 10.6 Å². The van der Waals surface area contributed by atoms with Gasteiger partial charge in [0.15, 0.2) is 0 Å². The molecule has 7 nitrogen and oxygen atoms in total. The van der Waals surface area contributed by atoms with Gasteiger partial charge in [0.05, 0.1) is 18.4 Å². The quantitative estimate of drug-likeness (QED) is 0.457. The number of carbonyl (C=O) groups is 3. The first-order valence-electron chi connectivity index (χ1n) is 8.46. The maximum atomic E-state index is 12.3. The molecule has 0 aromatic carbocycles. The fourth-order valence-electron chi connectivity index (χ4n) is 3.34. The molecule has 0 radical (unpaired) electrons. The van der Waals surface area contributed by atoms with E-state index in [1.54, 1.807) is 7.11 Å². The highest BCUT2D eigenvalue weighted by molar-refractivity contribution is 6.05. The molecule has 7 heteroatoms. The molecule has 1 aliphatic heterocycles. The number of ether oxygens (including phenoxy) is 1. The number of rotatable bonds is 9. The van der Waals surface area contributed by atoms with Gasteiger partial charge in [-0.3, -0.25) is 19.3 Å². The van der Waals surface area contributed by atoms with Crippen LogP contribution in [0.5, 0.6) is 0 Å². The first-order valence-corrected chi connectivity index (χ1v) is 8.46. The average Bonchev–Trinajstić information content (AvgIpc) is 2.80. The number of nitrogens with one attached hydrogen (secondary N) is 2. The predicted molar refractivity (Wildman–Crippen MR) is 84.5 cm³/mol. The van der Waals surface area contributed by atoms with E-state index in [9.17, 15) is 14.4 Å². The number of fused-ring (bicyclic) bond motifs is 1. The summed E-state index contributed by atoms with van der Waals surface area (Å²) in [6, 6.07) is 0. The molecule has 0 aromatic heterocycles. The molecule has 1 saturated heterocycles. The summed E-state index contributed by atoms with van der Waals surface area (Å²) in [6.45, 7) is 2.77. The van der Waals surface area contributed by atoms with Crippen LogP contribution in [0.25, 0.3) is 0 Å². The molecule has 23 heavy (non-hydrogen) atoms. The fourth-order valence-corrected chi connectivity index (χ4v) is 3.34. The Morgan fingerprint density at radius 1 is 1.13 bits per heavy atom. The number of likely N-dealkylation sites (tertiary alicyclic amines) is 1. The zero-order valence-corrected chi connectivity index (χ0v) is 13.8. The molecule has 2 N–H and O–H groups in total. The van der Waals surface area contributed by atoms with Gasteiger partial charge in [0.25, 0.3) is 0 Å². The lowest BCUT2D eigenvalue weighted by atomic mass is 9.81. The zero-order chi connectivity index (χ0) is 16.7. The van der Waals surface area contributed by atoms with Crippen LogP contribution in [-0.4, -0.2) is 62.5 Å². The maximum absolute atomic E-state index is 12.3. The number of methoxy groups -OCH3 is 1. The SMILES string of the molecule is COCCNCCNC(=O)CCN1C(=O)C2CCCCC2C1=O. The zero-order valence-electron chi connectivity index (χ0n) is 13.8. The summed E-state index contributed by atoms with van der Waals surface area (Å²) in [7, 11) is 1.64. The molecule has 0 aromatic rings. The molecule has 3 amide bonds. The Morgan fingerprint density at radius 2 is 1.78 bits per heavy atom. The molecule has 1 saturated carbocycles. The second-order valence-corrected chi connectivity index (χ2v) is 6.17. The van der Waals surface area contributed by atoms with Crippen molar-refractivity contribution < 1.29 is 19.1 Å². The van der Waals surface area contributed by atoms with Gasteiger partial charge in [-0.1, -0.05) is 12.8 Å². The van der Waals surface area contributed by atoms with E-state index >= 15 is 0 Å². The van der Waals surface area contributed by atoms with Crippen molar-refractivity contribution in [3.63, 3.8) is 0 Å². The van der Waals surface area contributed by atoms with Crippen LogP contribution in [-0.2, 0) is 19.1 Å². The number of imide groups is 1. The van der Waals surface area contributed by atoms with E-state index in [0.29, 0.717) is 19.7 Å². The first kappa shape index (κ1) is 17.9. The lowest BCUT2D eigenvalue weighted by Crippen LogP contribution is -2.37. The standard InChI is InChI=1S/C16H27N3O4/c1-23-11-9-17-7-8-18-14(20)6-10-19-15(21)12-4-2-3-5-13(12)16(19)22/h12-13,17H,2-11H2,1H3,(H,18,20). The third kappa shape index (κ3) is 4.75. The van der Waals surface area contributed by atoms with Crippen molar-refractivity contribution in [1.82, 2.24) is 15.5 Å². The van der Waals surface area contributed by atoms with Crippen molar-refractivity contribution >= 4 is 17.7 Å². The topological polar surface area (TPSA) is 87.7 Å². The second-order valence-electron chi connectivity index (χ2n) is 6.17. The third-order valence-electron chi connectivity index (χ3n) is 4.60. The summed E-state index contributed by atoms with van der Waals surface area (Å²) in [5.41, 5.74) is 0. The van der Waals surface area contributed by atoms with Crippen molar-refractivity contribution in [2.75, 3.05) is 39.9 Å². The van der Waals surface area contributed by atoms with E-state index in [1.165, 1.54) is 4.90 Å². The Labute approximate surface area is 137 Å². The Morgan fingerprint density at radius 3 is 2.39 bits per heavy atom. The molecule has 130 valence electrons. The summed E-state index contributed by atoms with van der Waals surface area (Å²) >= 11 is 0. The monoisotopic (exact) mass is 325 g/mol. The van der Waals surface area contributed by atoms with Crippen LogP contribution in [0.15, 0.2) is 0 Å². The lowest BCUT2D eigenvalue weighted by Gasteiger charge is -2.19. The highest BCUT2D eigenvalue weighted by Crippen LogP contribution is 2.37. The molecule has 2 atom stereocenters. The van der Waals surface area contributed by atoms with E-state index in [0.717, 1.165) is 32.2 Å². The van der Waals surface area contributed by atoms with E-state index in [-0.39, 0.29) is 42.5 Å². The second kappa shape index (κ2) is 8.98. The lowest BCUT2D eigenvalue weighted by molar-refractivity contribution is -0.140. The van der Waals surface area contributed by atoms with E-state index in [2.05, 4.69) is 10.6 Å². The molecule has 2 unspecified atom stereocenters. The summed E-state index contributed by atoms with van der Waals surface area (Å²) < 4.78 is 4.91. The Hall–Kier alpha value is -1.47. The summed E-state index contributed by atoms with van der Waals surface area (Å²) in [5.74, 6) is -0.551. The molecule has 2 aliphatic rings. The Kier molecular flexibility index (Phi) is 6.98.